The second kappa shape index (κ2) is 10.1. The van der Waals surface area contributed by atoms with Crippen LogP contribution in [0.15, 0.2) is 28.7 Å². The van der Waals surface area contributed by atoms with E-state index in [1.165, 1.54) is 0 Å². The highest BCUT2D eigenvalue weighted by molar-refractivity contribution is 9.10. The van der Waals surface area contributed by atoms with Crippen molar-refractivity contribution < 1.29 is 13.6 Å². The predicted octanol–water partition coefficient (Wildman–Crippen LogP) is 5.98. The van der Waals surface area contributed by atoms with Gasteiger partial charge in [0, 0.05) is 4.47 Å². The van der Waals surface area contributed by atoms with Crippen LogP contribution in [0.2, 0.25) is 0 Å². The third kappa shape index (κ3) is 5.94. The Hall–Kier alpha value is -1.17. The molecule has 7 heteroatoms. The van der Waals surface area contributed by atoms with Gasteiger partial charge in [-0.15, -0.1) is 0 Å². The third-order valence-corrected chi connectivity index (χ3v) is 7.01. The van der Waals surface area contributed by atoms with E-state index in [1.54, 1.807) is 32.0 Å². The highest BCUT2D eigenvalue weighted by atomic mass is 79.9. The molecule has 0 saturated heterocycles. The molecule has 25 heavy (non-hydrogen) atoms. The van der Waals surface area contributed by atoms with Gasteiger partial charge >= 0.3 is 7.60 Å². The van der Waals surface area contributed by atoms with Crippen molar-refractivity contribution in [3.63, 3.8) is 0 Å². The Labute approximate surface area is 158 Å². The van der Waals surface area contributed by atoms with Crippen LogP contribution >= 0.6 is 23.5 Å². The van der Waals surface area contributed by atoms with E-state index in [4.69, 9.17) is 9.05 Å². The van der Waals surface area contributed by atoms with Gasteiger partial charge in [0.1, 0.15) is 5.66 Å². The maximum atomic E-state index is 13.8. The van der Waals surface area contributed by atoms with E-state index in [9.17, 15) is 15.1 Å². The van der Waals surface area contributed by atoms with Gasteiger partial charge in [0.15, 0.2) is 5.92 Å². The van der Waals surface area contributed by atoms with Crippen LogP contribution in [0, 0.1) is 28.6 Å². The van der Waals surface area contributed by atoms with E-state index >= 15 is 0 Å². The monoisotopic (exact) mass is 426 g/mol. The molecule has 3 atom stereocenters. The molecule has 0 radical (unpaired) electrons. The summed E-state index contributed by atoms with van der Waals surface area (Å²) in [5.41, 5.74) is -0.389. The van der Waals surface area contributed by atoms with Crippen molar-refractivity contribution >= 4 is 23.5 Å². The number of nitrogens with zero attached hydrogens (tertiary/aromatic N) is 2. The van der Waals surface area contributed by atoms with Gasteiger partial charge in [-0.25, -0.2) is 0 Å². The molecule has 0 unspecified atom stereocenters. The van der Waals surface area contributed by atoms with Crippen molar-refractivity contribution in [1.82, 2.24) is 0 Å². The maximum Gasteiger partial charge on any atom is 0.341 e. The van der Waals surface area contributed by atoms with Crippen LogP contribution in [-0.4, -0.2) is 12.2 Å². The highest BCUT2D eigenvalue weighted by Gasteiger charge is 2.45. The van der Waals surface area contributed by atoms with Crippen molar-refractivity contribution in [2.45, 2.75) is 58.4 Å². The fourth-order valence-electron chi connectivity index (χ4n) is 2.22. The Bertz CT molecular complexity index is 668. The molecule has 0 aromatic heterocycles. The fraction of sp³-hybridized carbons (Fsp3) is 0.556. The van der Waals surface area contributed by atoms with E-state index in [-0.39, 0.29) is 12.2 Å². The molecule has 0 aliphatic carbocycles. The second-order valence-electron chi connectivity index (χ2n) is 5.92. The third-order valence-electron chi connectivity index (χ3n) is 3.93. The maximum absolute atomic E-state index is 13.8. The molecule has 0 spiro atoms. The summed E-state index contributed by atoms with van der Waals surface area (Å²) < 4.78 is 26.2. The van der Waals surface area contributed by atoms with E-state index in [1.807, 2.05) is 32.1 Å². The lowest BCUT2D eigenvalue weighted by Crippen LogP contribution is -2.20. The van der Waals surface area contributed by atoms with Crippen molar-refractivity contribution in [3.05, 3.63) is 34.3 Å². The number of hydrogen-bond acceptors (Lipinski definition) is 5. The fourth-order valence-corrected chi connectivity index (χ4v) is 5.28. The quantitative estimate of drug-likeness (QED) is 0.453. The number of benzene rings is 1. The van der Waals surface area contributed by atoms with Gasteiger partial charge in [-0.3, -0.25) is 4.57 Å². The largest absolute Gasteiger partial charge is 0.341 e. The molecule has 1 aromatic rings. The lowest BCUT2D eigenvalue weighted by atomic mass is 10.0. The van der Waals surface area contributed by atoms with Crippen LogP contribution < -0.4 is 0 Å². The molecule has 1 aromatic carbocycles. The lowest BCUT2D eigenvalue weighted by Gasteiger charge is -2.31. The smallest absolute Gasteiger partial charge is 0.305 e. The van der Waals surface area contributed by atoms with Crippen LogP contribution in [0.4, 0.5) is 0 Å². The highest BCUT2D eigenvalue weighted by Crippen LogP contribution is 2.65. The molecular weight excluding hydrogens is 403 g/mol. The van der Waals surface area contributed by atoms with Gasteiger partial charge in [0.2, 0.25) is 0 Å². The zero-order valence-electron chi connectivity index (χ0n) is 15.0. The molecule has 0 saturated carbocycles. The number of hydrogen-bond donors (Lipinski definition) is 0. The Morgan fingerprint density at radius 2 is 1.64 bits per heavy atom. The Morgan fingerprint density at radius 3 is 2.04 bits per heavy atom. The van der Waals surface area contributed by atoms with Crippen LogP contribution in [0.5, 0.6) is 0 Å². The molecule has 0 fully saturated rings. The summed E-state index contributed by atoms with van der Waals surface area (Å²) in [6.45, 7) is 7.44. The molecule has 0 amide bonds. The average molecular weight is 427 g/mol. The van der Waals surface area contributed by atoms with Gasteiger partial charge < -0.3 is 9.05 Å². The second-order valence-corrected chi connectivity index (χ2v) is 8.90. The summed E-state index contributed by atoms with van der Waals surface area (Å²) in [5, 5.41) is 18.9. The molecule has 136 valence electrons. The van der Waals surface area contributed by atoms with E-state index in [2.05, 4.69) is 15.9 Å². The van der Waals surface area contributed by atoms with Gasteiger partial charge in [-0.2, -0.15) is 10.5 Å². The van der Waals surface area contributed by atoms with Crippen LogP contribution in [0.25, 0.3) is 0 Å². The van der Waals surface area contributed by atoms with Crippen molar-refractivity contribution in [2.24, 2.45) is 5.92 Å². The Balaban J connectivity index is 3.49. The first-order valence-corrected chi connectivity index (χ1v) is 10.7. The van der Waals surface area contributed by atoms with E-state index in [0.717, 1.165) is 4.47 Å². The topological polar surface area (TPSA) is 83.1 Å². The van der Waals surface area contributed by atoms with E-state index < -0.39 is 19.2 Å². The summed E-state index contributed by atoms with van der Waals surface area (Å²) in [6.07, 6.45) is 0.649. The standard InChI is InChI=1S/C18H24BrN2O3P/c1-5-13(3)23-25(22,24-14(4)6-2)18(16(11-20)12-21)15-8-7-9-17(19)10-15/h7-10,13-14,16,18H,5-6H2,1-4H3/t13-,14-,18+/m0/s1. The molecular formula is C18H24BrN2O3P. The zero-order chi connectivity index (χ0) is 19.0. The minimum Gasteiger partial charge on any atom is -0.305 e. The summed E-state index contributed by atoms with van der Waals surface area (Å²) in [4.78, 5) is 0. The van der Waals surface area contributed by atoms with Crippen molar-refractivity contribution in [1.29, 1.82) is 10.5 Å². The summed E-state index contributed by atoms with van der Waals surface area (Å²) >= 11 is 3.38. The summed E-state index contributed by atoms with van der Waals surface area (Å²) in [7, 11) is -3.77. The van der Waals surface area contributed by atoms with Gasteiger partial charge in [-0.05, 0) is 44.4 Å². The van der Waals surface area contributed by atoms with Gasteiger partial charge in [0.05, 0.1) is 24.3 Å². The molecule has 0 bridgehead atoms. The summed E-state index contributed by atoms with van der Waals surface area (Å²) in [5.74, 6) is -1.15. The SMILES string of the molecule is CC[C@H](C)OP(=O)(O[C@@H](C)CC)[C@H](c1cccc(Br)c1)C(C#N)C#N. The first-order valence-electron chi connectivity index (χ1n) is 8.32. The minimum atomic E-state index is -3.77. The number of halogens is 1. The first-order chi connectivity index (χ1) is 11.8. The zero-order valence-corrected chi connectivity index (χ0v) is 17.5. The van der Waals surface area contributed by atoms with Crippen molar-refractivity contribution in [2.75, 3.05) is 0 Å². The minimum absolute atomic E-state index is 0.317. The Kier molecular flexibility index (Phi) is 8.83. The van der Waals surface area contributed by atoms with E-state index in [0.29, 0.717) is 18.4 Å². The van der Waals surface area contributed by atoms with Crippen LogP contribution in [0.1, 0.15) is 51.8 Å². The molecule has 1 rings (SSSR count). The molecule has 0 N–H and O–H groups in total. The van der Waals surface area contributed by atoms with Crippen LogP contribution in [-0.2, 0) is 13.6 Å². The van der Waals surface area contributed by atoms with Gasteiger partial charge in [0.25, 0.3) is 0 Å². The molecule has 5 nitrogen and oxygen atoms in total. The molecule has 0 aliphatic rings. The average Bonchev–Trinajstić information content (AvgIpc) is 2.58. The van der Waals surface area contributed by atoms with Crippen LogP contribution in [0.3, 0.4) is 0 Å². The molecule has 0 aliphatic heterocycles. The normalized spacial score (nSPS) is 15.2. The Morgan fingerprint density at radius 1 is 1.12 bits per heavy atom. The summed E-state index contributed by atoms with van der Waals surface area (Å²) in [6, 6.07) is 11.0. The predicted molar refractivity (Wildman–Crippen MR) is 101 cm³/mol. The first kappa shape index (κ1) is 21.9. The molecule has 0 heterocycles. The van der Waals surface area contributed by atoms with Gasteiger partial charge in [-0.1, -0.05) is 41.9 Å². The number of nitriles is 2. The number of rotatable bonds is 9. The lowest BCUT2D eigenvalue weighted by molar-refractivity contribution is 0.117. The van der Waals surface area contributed by atoms with Crippen molar-refractivity contribution in [3.8, 4) is 12.1 Å².